The molecule has 1 rings (SSSR count). The standard InChI is InChI=1S/C18H39N5.HI/c1-5-19-18(20-10-6-9-17(2)3)21-11-7-13-23-14-8-12-22(4)15-16-23;/h17H,5-16H2,1-4H3,(H2,19,20,21);1H. The monoisotopic (exact) mass is 453 g/mol. The molecule has 1 saturated heterocycles. The molecular formula is C18H40IN5. The highest BCUT2D eigenvalue weighted by Gasteiger charge is 2.11. The molecule has 0 saturated carbocycles. The highest BCUT2D eigenvalue weighted by atomic mass is 127. The van der Waals surface area contributed by atoms with E-state index in [0.29, 0.717) is 0 Å². The number of hydrogen-bond acceptors (Lipinski definition) is 3. The lowest BCUT2D eigenvalue weighted by Crippen LogP contribution is -2.38. The second-order valence-electron chi connectivity index (χ2n) is 7.08. The Balaban J connectivity index is 0.00000529. The van der Waals surface area contributed by atoms with Crippen molar-refractivity contribution >= 4 is 29.9 Å². The van der Waals surface area contributed by atoms with Crippen LogP contribution in [0.2, 0.25) is 0 Å². The van der Waals surface area contributed by atoms with Gasteiger partial charge in [-0.1, -0.05) is 13.8 Å². The van der Waals surface area contributed by atoms with Crippen molar-refractivity contribution in [3.8, 4) is 0 Å². The minimum atomic E-state index is 0. The predicted octanol–water partition coefficient (Wildman–Crippen LogP) is 2.62. The zero-order valence-corrected chi connectivity index (χ0v) is 18.6. The van der Waals surface area contributed by atoms with Crippen LogP contribution in [0, 0.1) is 5.92 Å². The van der Waals surface area contributed by atoms with Crippen LogP contribution < -0.4 is 10.6 Å². The molecule has 0 atom stereocenters. The molecule has 24 heavy (non-hydrogen) atoms. The van der Waals surface area contributed by atoms with E-state index in [1.54, 1.807) is 0 Å². The Labute approximate surface area is 167 Å². The Bertz CT molecular complexity index is 323. The van der Waals surface area contributed by atoms with E-state index in [-0.39, 0.29) is 24.0 Å². The number of halogens is 1. The number of hydrogen-bond donors (Lipinski definition) is 2. The predicted molar refractivity (Wildman–Crippen MR) is 117 cm³/mol. The molecule has 1 aliphatic heterocycles. The zero-order valence-electron chi connectivity index (χ0n) is 16.3. The fourth-order valence-electron chi connectivity index (χ4n) is 2.87. The first-order valence-corrected chi connectivity index (χ1v) is 9.55. The average Bonchev–Trinajstić information content (AvgIpc) is 2.72. The van der Waals surface area contributed by atoms with Gasteiger partial charge in [-0.2, -0.15) is 0 Å². The Kier molecular flexibility index (Phi) is 15.1. The van der Waals surface area contributed by atoms with E-state index in [2.05, 4.69) is 48.3 Å². The van der Waals surface area contributed by atoms with E-state index >= 15 is 0 Å². The molecule has 0 spiro atoms. The second kappa shape index (κ2) is 15.2. The van der Waals surface area contributed by atoms with Crippen molar-refractivity contribution in [2.75, 3.05) is 59.4 Å². The highest BCUT2D eigenvalue weighted by Crippen LogP contribution is 2.02. The van der Waals surface area contributed by atoms with Crippen LogP contribution >= 0.6 is 24.0 Å². The van der Waals surface area contributed by atoms with Crippen molar-refractivity contribution in [2.45, 2.75) is 46.5 Å². The van der Waals surface area contributed by atoms with Crippen LogP contribution in [0.1, 0.15) is 46.5 Å². The van der Waals surface area contributed by atoms with E-state index in [1.165, 1.54) is 52.0 Å². The maximum absolute atomic E-state index is 4.71. The number of nitrogens with one attached hydrogen (secondary N) is 2. The molecule has 144 valence electrons. The molecule has 1 heterocycles. The molecule has 1 aliphatic rings. The Morgan fingerprint density at radius 1 is 1.08 bits per heavy atom. The van der Waals surface area contributed by atoms with Gasteiger partial charge in [-0.15, -0.1) is 24.0 Å². The van der Waals surface area contributed by atoms with Crippen molar-refractivity contribution in [3.05, 3.63) is 0 Å². The van der Waals surface area contributed by atoms with Gasteiger partial charge in [0, 0.05) is 32.7 Å². The number of aliphatic imine (C=N–C) groups is 1. The molecule has 0 aliphatic carbocycles. The van der Waals surface area contributed by atoms with E-state index in [1.807, 2.05) is 0 Å². The van der Waals surface area contributed by atoms with E-state index < -0.39 is 0 Å². The van der Waals surface area contributed by atoms with Crippen LogP contribution in [0.25, 0.3) is 0 Å². The summed E-state index contributed by atoms with van der Waals surface area (Å²) < 4.78 is 0. The van der Waals surface area contributed by atoms with E-state index in [9.17, 15) is 0 Å². The summed E-state index contributed by atoms with van der Waals surface area (Å²) in [7, 11) is 2.22. The molecular weight excluding hydrogens is 413 g/mol. The maximum Gasteiger partial charge on any atom is 0.191 e. The third-order valence-corrected chi connectivity index (χ3v) is 4.31. The zero-order chi connectivity index (χ0) is 16.9. The highest BCUT2D eigenvalue weighted by molar-refractivity contribution is 14.0. The van der Waals surface area contributed by atoms with E-state index in [0.717, 1.165) is 37.9 Å². The van der Waals surface area contributed by atoms with Crippen LogP contribution in [0.4, 0.5) is 0 Å². The summed E-state index contributed by atoms with van der Waals surface area (Å²) in [5, 5.41) is 6.79. The number of likely N-dealkylation sites (N-methyl/N-ethyl adjacent to an activating group) is 1. The first-order valence-electron chi connectivity index (χ1n) is 9.55. The van der Waals surface area contributed by atoms with Gasteiger partial charge >= 0.3 is 0 Å². The summed E-state index contributed by atoms with van der Waals surface area (Å²) in [5.41, 5.74) is 0. The lowest BCUT2D eigenvalue weighted by Gasteiger charge is -2.19. The Hall–Kier alpha value is -0.0800. The summed E-state index contributed by atoms with van der Waals surface area (Å²) in [6.45, 7) is 15.6. The van der Waals surface area contributed by atoms with Gasteiger partial charge in [0.25, 0.3) is 0 Å². The summed E-state index contributed by atoms with van der Waals surface area (Å²) in [6, 6.07) is 0. The second-order valence-corrected chi connectivity index (χ2v) is 7.08. The van der Waals surface area contributed by atoms with Gasteiger partial charge < -0.3 is 20.4 Å². The van der Waals surface area contributed by atoms with Crippen LogP contribution in [0.5, 0.6) is 0 Å². The summed E-state index contributed by atoms with van der Waals surface area (Å²) in [6.07, 6.45) is 4.92. The molecule has 0 aromatic carbocycles. The van der Waals surface area contributed by atoms with Crippen LogP contribution in [0.3, 0.4) is 0 Å². The fourth-order valence-corrected chi connectivity index (χ4v) is 2.87. The third kappa shape index (κ3) is 12.3. The SMILES string of the molecule is CCNC(=NCCCN1CCCN(C)CC1)NCCCC(C)C.I. The molecule has 6 heteroatoms. The Morgan fingerprint density at radius 2 is 1.88 bits per heavy atom. The largest absolute Gasteiger partial charge is 0.357 e. The van der Waals surface area contributed by atoms with Crippen molar-refractivity contribution in [1.29, 1.82) is 0 Å². The number of guanidine groups is 1. The first kappa shape index (κ1) is 23.9. The van der Waals surface area contributed by atoms with Crippen LogP contribution in [0.15, 0.2) is 4.99 Å². The van der Waals surface area contributed by atoms with E-state index in [4.69, 9.17) is 4.99 Å². The molecule has 0 unspecified atom stereocenters. The van der Waals surface area contributed by atoms with Gasteiger partial charge in [-0.05, 0) is 65.2 Å². The summed E-state index contributed by atoms with van der Waals surface area (Å²) in [4.78, 5) is 9.73. The topological polar surface area (TPSA) is 42.9 Å². The lowest BCUT2D eigenvalue weighted by atomic mass is 10.1. The molecule has 0 bridgehead atoms. The number of rotatable bonds is 9. The van der Waals surface area contributed by atoms with Crippen LogP contribution in [-0.4, -0.2) is 75.2 Å². The van der Waals surface area contributed by atoms with Gasteiger partial charge in [-0.25, -0.2) is 0 Å². The van der Waals surface area contributed by atoms with Gasteiger partial charge in [0.1, 0.15) is 0 Å². The van der Waals surface area contributed by atoms with Crippen molar-refractivity contribution in [2.24, 2.45) is 10.9 Å². The third-order valence-electron chi connectivity index (χ3n) is 4.31. The average molecular weight is 453 g/mol. The lowest BCUT2D eigenvalue weighted by molar-refractivity contribution is 0.275. The molecule has 0 aromatic heterocycles. The molecule has 5 nitrogen and oxygen atoms in total. The maximum atomic E-state index is 4.71. The molecule has 0 radical (unpaired) electrons. The Morgan fingerprint density at radius 3 is 2.58 bits per heavy atom. The van der Waals surface area contributed by atoms with Crippen LogP contribution in [-0.2, 0) is 0 Å². The fraction of sp³-hybridized carbons (Fsp3) is 0.944. The minimum Gasteiger partial charge on any atom is -0.357 e. The molecule has 0 amide bonds. The quantitative estimate of drug-likeness (QED) is 0.244. The smallest absolute Gasteiger partial charge is 0.191 e. The molecule has 2 N–H and O–H groups in total. The first-order chi connectivity index (χ1) is 11.1. The van der Waals surface area contributed by atoms with Crippen molar-refractivity contribution in [3.63, 3.8) is 0 Å². The van der Waals surface area contributed by atoms with Gasteiger partial charge in [-0.3, -0.25) is 4.99 Å². The number of nitrogens with zero attached hydrogens (tertiary/aromatic N) is 3. The summed E-state index contributed by atoms with van der Waals surface area (Å²) >= 11 is 0. The molecule has 1 fully saturated rings. The van der Waals surface area contributed by atoms with Gasteiger partial charge in [0.2, 0.25) is 0 Å². The molecule has 0 aromatic rings. The van der Waals surface area contributed by atoms with Gasteiger partial charge in [0.05, 0.1) is 0 Å². The summed E-state index contributed by atoms with van der Waals surface area (Å²) in [5.74, 6) is 1.76. The minimum absolute atomic E-state index is 0. The van der Waals surface area contributed by atoms with Gasteiger partial charge in [0.15, 0.2) is 5.96 Å². The van der Waals surface area contributed by atoms with Crippen molar-refractivity contribution in [1.82, 2.24) is 20.4 Å². The van der Waals surface area contributed by atoms with Crippen molar-refractivity contribution < 1.29 is 0 Å². The normalized spacial score (nSPS) is 17.5.